The molecule has 2 heteroatoms. The monoisotopic (exact) mass is 218 g/mol. The average molecular weight is 218 g/mol. The van der Waals surface area contributed by atoms with Gasteiger partial charge in [-0.1, -0.05) is 61.8 Å². The van der Waals surface area contributed by atoms with E-state index in [0.29, 0.717) is 0 Å². The lowest BCUT2D eigenvalue weighted by Gasteiger charge is -2.02. The van der Waals surface area contributed by atoms with E-state index in [1.165, 1.54) is 11.1 Å². The van der Waals surface area contributed by atoms with Crippen LogP contribution in [0.3, 0.4) is 0 Å². The summed E-state index contributed by atoms with van der Waals surface area (Å²) in [5.41, 5.74) is 7.72. The Bertz CT molecular complexity index is 331. The second-order valence-electron chi connectivity index (χ2n) is 4.07. The highest BCUT2D eigenvalue weighted by Gasteiger charge is 1.95. The first-order chi connectivity index (χ1) is 6.59. The van der Waals surface area contributed by atoms with Crippen LogP contribution < -0.4 is 0 Å². The van der Waals surface area contributed by atoms with Crippen molar-refractivity contribution in [2.24, 2.45) is 0 Å². The zero-order chi connectivity index (χ0) is 10.6. The lowest BCUT2D eigenvalue weighted by atomic mass is 10.1. The van der Waals surface area contributed by atoms with Crippen molar-refractivity contribution in [3.63, 3.8) is 0 Å². The van der Waals surface area contributed by atoms with Gasteiger partial charge in [-0.2, -0.15) is 0 Å². The minimum Gasteiger partial charge on any atom is -0.0746 e. The molecule has 0 saturated heterocycles. The Balaban J connectivity index is 3.16. The second kappa shape index (κ2) is 5.32. The first-order valence-corrected chi connectivity index (χ1v) is 10.1. The van der Waals surface area contributed by atoms with Gasteiger partial charge >= 0.3 is 0 Å². The molecule has 0 amide bonds. The van der Waals surface area contributed by atoms with Crippen LogP contribution >= 0.6 is 0 Å². The molecular weight excluding hydrogens is 200 g/mol. The van der Waals surface area contributed by atoms with E-state index in [4.69, 9.17) is 0 Å². The van der Waals surface area contributed by atoms with Gasteiger partial charge in [-0.25, -0.2) is 0 Å². The van der Waals surface area contributed by atoms with E-state index in [9.17, 15) is 0 Å². The first-order valence-electron chi connectivity index (χ1n) is 4.98. The molecule has 0 atom stereocenters. The molecule has 0 fully saturated rings. The van der Waals surface area contributed by atoms with Crippen molar-refractivity contribution in [2.75, 3.05) is 0 Å². The summed E-state index contributed by atoms with van der Waals surface area (Å²) in [4.78, 5) is 0. The Hall–Kier alpha value is -0.606. The number of rotatable bonds is 2. The first kappa shape index (κ1) is 11.5. The molecule has 0 bridgehead atoms. The Kier molecular flexibility index (Phi) is 4.36. The smallest absolute Gasteiger partial charge is 0.00401 e. The van der Waals surface area contributed by atoms with E-state index < -0.39 is 0 Å². The Morgan fingerprint density at radius 2 is 1.14 bits per heavy atom. The van der Waals surface area contributed by atoms with Gasteiger partial charge in [0, 0.05) is 16.8 Å². The lowest BCUT2D eigenvalue weighted by Crippen LogP contribution is -2.02. The van der Waals surface area contributed by atoms with Crippen LogP contribution in [0, 0.1) is 0 Å². The third kappa shape index (κ3) is 3.64. The van der Waals surface area contributed by atoms with Crippen LogP contribution in [0.4, 0.5) is 0 Å². The summed E-state index contributed by atoms with van der Waals surface area (Å²) >= 11 is 0. The van der Waals surface area contributed by atoms with E-state index in [0.717, 1.165) is 0 Å². The summed E-state index contributed by atoms with van der Waals surface area (Å²) in [6, 6.07) is 8.72. The predicted molar refractivity (Wildman–Crippen MR) is 71.7 cm³/mol. The Labute approximate surface area is 90.1 Å². The van der Waals surface area contributed by atoms with E-state index in [-0.39, 0.29) is 16.8 Å². The summed E-state index contributed by atoms with van der Waals surface area (Å²) in [7, 11) is -0.556. The van der Waals surface area contributed by atoms with Crippen molar-refractivity contribution < 1.29 is 0 Å². The van der Waals surface area contributed by atoms with Gasteiger partial charge in [-0.05, 0) is 11.1 Å². The molecule has 0 nitrogen and oxygen atoms in total. The Morgan fingerprint density at radius 1 is 0.786 bits per heavy atom. The largest absolute Gasteiger partial charge is 0.0746 e. The molecule has 1 aromatic carbocycles. The topological polar surface area (TPSA) is 0 Å². The van der Waals surface area contributed by atoms with Crippen LogP contribution in [0.2, 0.25) is 26.2 Å². The van der Waals surface area contributed by atoms with Crippen LogP contribution in [0.15, 0.2) is 24.3 Å². The maximum Gasteiger partial charge on any atom is 0.00401 e. The van der Waals surface area contributed by atoms with Gasteiger partial charge in [0.15, 0.2) is 0 Å². The molecule has 0 radical (unpaired) electrons. The standard InChI is InChI=1S/C12H18Si2/c1-13(2)9-11-7-5-6-8-12(11)10-14(3)4/h5-10H,1-4H3. The van der Waals surface area contributed by atoms with Gasteiger partial charge in [-0.3, -0.25) is 0 Å². The van der Waals surface area contributed by atoms with Crippen LogP contribution in [0.25, 0.3) is 0 Å². The van der Waals surface area contributed by atoms with Crippen LogP contribution in [0.1, 0.15) is 11.1 Å². The Morgan fingerprint density at radius 3 is 1.43 bits per heavy atom. The number of hydrogen-bond donors (Lipinski definition) is 0. The van der Waals surface area contributed by atoms with Crippen molar-refractivity contribution in [2.45, 2.75) is 26.2 Å². The van der Waals surface area contributed by atoms with E-state index >= 15 is 0 Å². The van der Waals surface area contributed by atoms with E-state index in [1.807, 2.05) is 0 Å². The average Bonchev–Trinajstić information content (AvgIpc) is 2.06. The fourth-order valence-electron chi connectivity index (χ4n) is 1.40. The molecule has 74 valence electrons. The number of hydrogen-bond acceptors (Lipinski definition) is 0. The van der Waals surface area contributed by atoms with Gasteiger partial charge in [-0.15, -0.1) is 0 Å². The highest BCUT2D eigenvalue weighted by Crippen LogP contribution is 2.03. The second-order valence-corrected chi connectivity index (χ2v) is 8.96. The molecule has 0 aliphatic rings. The van der Waals surface area contributed by atoms with Gasteiger partial charge in [0.1, 0.15) is 0 Å². The predicted octanol–water partition coefficient (Wildman–Crippen LogP) is 2.66. The molecule has 0 unspecified atom stereocenters. The van der Waals surface area contributed by atoms with Crippen molar-refractivity contribution in [3.8, 4) is 0 Å². The van der Waals surface area contributed by atoms with Gasteiger partial charge in [0.25, 0.3) is 0 Å². The summed E-state index contributed by atoms with van der Waals surface area (Å²) in [6.45, 7) is 9.30. The van der Waals surface area contributed by atoms with Crippen LogP contribution in [-0.2, 0) is 0 Å². The van der Waals surface area contributed by atoms with Crippen molar-refractivity contribution >= 4 is 28.2 Å². The minimum absolute atomic E-state index is 0.278. The fraction of sp³-hybridized carbons (Fsp3) is 0.333. The summed E-state index contributed by atoms with van der Waals surface area (Å²) in [6.07, 6.45) is 0. The molecule has 0 spiro atoms. The van der Waals surface area contributed by atoms with Crippen molar-refractivity contribution in [1.29, 1.82) is 0 Å². The summed E-state index contributed by atoms with van der Waals surface area (Å²) in [5, 5.41) is 0. The van der Waals surface area contributed by atoms with E-state index in [2.05, 4.69) is 61.8 Å². The van der Waals surface area contributed by atoms with Gasteiger partial charge < -0.3 is 0 Å². The van der Waals surface area contributed by atoms with Gasteiger partial charge in [0.2, 0.25) is 0 Å². The summed E-state index contributed by atoms with van der Waals surface area (Å²) in [5.74, 6) is 0. The quantitative estimate of drug-likeness (QED) is 0.670. The third-order valence-corrected chi connectivity index (χ3v) is 3.66. The maximum absolute atomic E-state index is 2.43. The molecule has 0 aliphatic heterocycles. The third-order valence-electron chi connectivity index (χ3n) is 1.88. The summed E-state index contributed by atoms with van der Waals surface area (Å²) < 4.78 is 0. The lowest BCUT2D eigenvalue weighted by molar-refractivity contribution is 1.66. The SMILES string of the molecule is C[Si](C)=Cc1ccccc1C=[Si](C)C. The number of benzene rings is 1. The van der Waals surface area contributed by atoms with Crippen LogP contribution in [0.5, 0.6) is 0 Å². The minimum atomic E-state index is -0.278. The molecule has 0 aliphatic carbocycles. The molecule has 14 heavy (non-hydrogen) atoms. The molecular formula is C12H18Si2. The zero-order valence-electron chi connectivity index (χ0n) is 9.46. The molecule has 0 N–H and O–H groups in total. The van der Waals surface area contributed by atoms with Crippen molar-refractivity contribution in [3.05, 3.63) is 35.4 Å². The molecule has 0 aromatic heterocycles. The normalized spacial score (nSPS) is 9.43. The molecule has 1 aromatic rings. The fourth-order valence-corrected chi connectivity index (χ4v) is 3.17. The van der Waals surface area contributed by atoms with Crippen molar-refractivity contribution in [1.82, 2.24) is 0 Å². The van der Waals surface area contributed by atoms with Gasteiger partial charge in [0.05, 0.1) is 0 Å². The molecule has 0 heterocycles. The molecule has 1 rings (SSSR count). The zero-order valence-corrected chi connectivity index (χ0v) is 11.5. The maximum atomic E-state index is 2.43. The highest BCUT2D eigenvalue weighted by molar-refractivity contribution is 6.68. The highest BCUT2D eigenvalue weighted by atomic mass is 28.2. The molecule has 0 saturated carbocycles. The van der Waals surface area contributed by atoms with E-state index in [1.54, 1.807) is 0 Å². The van der Waals surface area contributed by atoms with Crippen LogP contribution in [-0.4, -0.2) is 28.2 Å².